The van der Waals surface area contributed by atoms with Crippen LogP contribution in [0.15, 0.2) is 18.2 Å². The molecule has 0 amide bonds. The van der Waals surface area contributed by atoms with Crippen LogP contribution in [0.2, 0.25) is 0 Å². The van der Waals surface area contributed by atoms with E-state index in [-0.39, 0.29) is 11.4 Å². The molecule has 1 heterocycles. The maximum absolute atomic E-state index is 13.9. The van der Waals surface area contributed by atoms with Crippen molar-refractivity contribution in [3.05, 3.63) is 35.1 Å². The molecule has 4 heteroatoms. The van der Waals surface area contributed by atoms with Crippen molar-refractivity contribution < 1.29 is 9.13 Å². The van der Waals surface area contributed by atoms with Crippen molar-refractivity contribution in [1.29, 1.82) is 5.26 Å². The molecule has 0 atom stereocenters. The summed E-state index contributed by atoms with van der Waals surface area (Å²) < 4.78 is 19.2. The topological polar surface area (TPSA) is 36.3 Å². The molecule has 1 aliphatic heterocycles. The zero-order valence-corrected chi connectivity index (χ0v) is 10.5. The summed E-state index contributed by atoms with van der Waals surface area (Å²) in [5, 5.41) is 8.80. The Hall–Kier alpha value is -1.44. The Bertz CT molecular complexity index is 448. The molecule has 1 fully saturated rings. The van der Waals surface area contributed by atoms with Crippen molar-refractivity contribution in [3.63, 3.8) is 0 Å². The van der Waals surface area contributed by atoms with Crippen molar-refractivity contribution in [2.24, 2.45) is 0 Å². The average Bonchev–Trinajstić information content (AvgIpc) is 2.42. The number of nitrogens with zero attached hydrogens (tertiary/aromatic N) is 2. The normalized spacial score (nSPS) is 17.6. The highest BCUT2D eigenvalue weighted by atomic mass is 19.1. The molecular weight excluding hydrogens is 231 g/mol. The lowest BCUT2D eigenvalue weighted by Gasteiger charge is -2.31. The molecule has 1 aromatic carbocycles. The van der Waals surface area contributed by atoms with E-state index >= 15 is 0 Å². The minimum absolute atomic E-state index is 0.124. The summed E-state index contributed by atoms with van der Waals surface area (Å²) in [6.45, 7) is 2.39. The molecule has 2 rings (SSSR count). The van der Waals surface area contributed by atoms with Crippen LogP contribution in [0, 0.1) is 17.1 Å². The van der Waals surface area contributed by atoms with Crippen LogP contribution >= 0.6 is 0 Å². The molecule has 0 aliphatic carbocycles. The van der Waals surface area contributed by atoms with Crippen LogP contribution in [-0.4, -0.2) is 31.2 Å². The van der Waals surface area contributed by atoms with Gasteiger partial charge >= 0.3 is 0 Å². The minimum atomic E-state index is -0.381. The number of halogens is 1. The molecule has 0 radical (unpaired) electrons. The number of hydrogen-bond acceptors (Lipinski definition) is 3. The molecule has 0 unspecified atom stereocenters. The molecule has 1 saturated heterocycles. The minimum Gasteiger partial charge on any atom is -0.381 e. The first-order valence-electron chi connectivity index (χ1n) is 6.17. The highest BCUT2D eigenvalue weighted by Gasteiger charge is 2.20. The van der Waals surface area contributed by atoms with Crippen molar-refractivity contribution in [2.75, 3.05) is 20.2 Å². The lowest BCUT2D eigenvalue weighted by molar-refractivity contribution is 0.0386. The van der Waals surface area contributed by atoms with E-state index in [0.717, 1.165) is 25.9 Å². The highest BCUT2D eigenvalue weighted by Crippen LogP contribution is 2.18. The second-order valence-corrected chi connectivity index (χ2v) is 4.60. The zero-order chi connectivity index (χ0) is 13.0. The second kappa shape index (κ2) is 5.94. The van der Waals surface area contributed by atoms with Crippen molar-refractivity contribution in [3.8, 4) is 6.07 Å². The first-order valence-corrected chi connectivity index (χ1v) is 6.17. The molecule has 96 valence electrons. The van der Waals surface area contributed by atoms with E-state index < -0.39 is 0 Å². The molecule has 1 aromatic rings. The fraction of sp³-hybridized carbons (Fsp3) is 0.500. The van der Waals surface area contributed by atoms with E-state index in [9.17, 15) is 4.39 Å². The summed E-state index contributed by atoms with van der Waals surface area (Å²) in [5.41, 5.74) is 0.726. The quantitative estimate of drug-likeness (QED) is 0.823. The monoisotopic (exact) mass is 248 g/mol. The number of nitriles is 1. The molecule has 0 N–H and O–H groups in total. The zero-order valence-electron chi connectivity index (χ0n) is 10.5. The van der Waals surface area contributed by atoms with Gasteiger partial charge in [-0.15, -0.1) is 0 Å². The third-order valence-electron chi connectivity index (χ3n) is 3.46. The SMILES string of the molecule is COC1CCN(Cc2cccc(C#N)c2F)CC1. The van der Waals surface area contributed by atoms with Crippen LogP contribution < -0.4 is 0 Å². The molecule has 3 nitrogen and oxygen atoms in total. The number of likely N-dealkylation sites (tertiary alicyclic amines) is 1. The van der Waals surface area contributed by atoms with Crippen molar-refractivity contribution >= 4 is 0 Å². The molecule has 0 spiro atoms. The summed E-state index contributed by atoms with van der Waals surface area (Å²) in [6.07, 6.45) is 2.29. The van der Waals surface area contributed by atoms with Crippen LogP contribution in [-0.2, 0) is 11.3 Å². The summed E-state index contributed by atoms with van der Waals surface area (Å²) in [6, 6.07) is 6.87. The van der Waals surface area contributed by atoms with E-state index in [4.69, 9.17) is 10.00 Å². The Kier molecular flexibility index (Phi) is 4.29. The first kappa shape index (κ1) is 13.0. The number of methoxy groups -OCH3 is 1. The maximum Gasteiger partial charge on any atom is 0.145 e. The molecule has 0 aromatic heterocycles. The van der Waals surface area contributed by atoms with Crippen LogP contribution in [0.5, 0.6) is 0 Å². The summed E-state index contributed by atoms with van der Waals surface area (Å²) >= 11 is 0. The van der Waals surface area contributed by atoms with Crippen LogP contribution in [0.4, 0.5) is 4.39 Å². The number of rotatable bonds is 3. The van der Waals surface area contributed by atoms with Crippen molar-refractivity contribution in [2.45, 2.75) is 25.5 Å². The van der Waals surface area contributed by atoms with Gasteiger partial charge in [-0.3, -0.25) is 4.90 Å². The standard InChI is InChI=1S/C14H17FN2O/c1-18-13-5-7-17(8-6-13)10-12-4-2-3-11(9-16)14(12)15/h2-4,13H,5-8,10H2,1H3. The third kappa shape index (κ3) is 2.87. The number of piperidine rings is 1. The Balaban J connectivity index is 2.01. The lowest BCUT2D eigenvalue weighted by Crippen LogP contribution is -2.36. The Morgan fingerprint density at radius 3 is 2.78 bits per heavy atom. The van der Waals surface area contributed by atoms with E-state index in [0.29, 0.717) is 18.2 Å². The summed E-state index contributed by atoms with van der Waals surface area (Å²) in [7, 11) is 1.73. The van der Waals surface area contributed by atoms with Gasteiger partial charge in [-0.25, -0.2) is 4.39 Å². The van der Waals surface area contributed by atoms with E-state index in [2.05, 4.69) is 4.90 Å². The second-order valence-electron chi connectivity index (χ2n) is 4.60. The van der Waals surface area contributed by atoms with Gasteiger partial charge in [0.15, 0.2) is 0 Å². The van der Waals surface area contributed by atoms with E-state index in [1.165, 1.54) is 6.07 Å². The molecule has 0 bridgehead atoms. The van der Waals surface area contributed by atoms with Gasteiger partial charge in [0, 0.05) is 32.3 Å². The van der Waals surface area contributed by atoms with Gasteiger partial charge in [0.05, 0.1) is 11.7 Å². The largest absolute Gasteiger partial charge is 0.381 e. The smallest absolute Gasteiger partial charge is 0.145 e. The molecular formula is C14H17FN2O. The van der Waals surface area contributed by atoms with Crippen LogP contribution in [0.25, 0.3) is 0 Å². The van der Waals surface area contributed by atoms with Gasteiger partial charge in [0.25, 0.3) is 0 Å². The van der Waals surface area contributed by atoms with Gasteiger partial charge in [0.1, 0.15) is 11.9 Å². The fourth-order valence-corrected chi connectivity index (χ4v) is 2.33. The Morgan fingerprint density at radius 2 is 2.17 bits per heavy atom. The number of ether oxygens (including phenoxy) is 1. The lowest BCUT2D eigenvalue weighted by atomic mass is 10.1. The van der Waals surface area contributed by atoms with Gasteiger partial charge in [0.2, 0.25) is 0 Å². The van der Waals surface area contributed by atoms with E-state index in [1.54, 1.807) is 19.2 Å². The van der Waals surface area contributed by atoms with E-state index in [1.807, 2.05) is 6.07 Å². The van der Waals surface area contributed by atoms with Gasteiger partial charge in [-0.1, -0.05) is 12.1 Å². The van der Waals surface area contributed by atoms with Crippen LogP contribution in [0.3, 0.4) is 0 Å². The third-order valence-corrected chi connectivity index (χ3v) is 3.46. The molecule has 18 heavy (non-hydrogen) atoms. The van der Waals surface area contributed by atoms with Gasteiger partial charge in [-0.2, -0.15) is 5.26 Å². The van der Waals surface area contributed by atoms with Gasteiger partial charge < -0.3 is 4.74 Å². The fourth-order valence-electron chi connectivity index (χ4n) is 2.33. The summed E-state index contributed by atoms with van der Waals surface area (Å²) in [5.74, 6) is -0.381. The maximum atomic E-state index is 13.9. The predicted octanol–water partition coefficient (Wildman–Crippen LogP) is 2.31. The van der Waals surface area contributed by atoms with Crippen molar-refractivity contribution in [1.82, 2.24) is 4.90 Å². The van der Waals surface area contributed by atoms with Gasteiger partial charge in [-0.05, 0) is 18.9 Å². The summed E-state index contributed by atoms with van der Waals surface area (Å²) in [4.78, 5) is 2.20. The molecule has 1 aliphatic rings. The highest BCUT2D eigenvalue weighted by molar-refractivity contribution is 5.34. The predicted molar refractivity (Wildman–Crippen MR) is 66.4 cm³/mol. The Morgan fingerprint density at radius 1 is 1.44 bits per heavy atom. The first-order chi connectivity index (χ1) is 8.74. The number of benzene rings is 1. The van der Waals surface area contributed by atoms with Crippen LogP contribution in [0.1, 0.15) is 24.0 Å². The molecule has 0 saturated carbocycles. The number of hydrogen-bond donors (Lipinski definition) is 0. The average molecular weight is 248 g/mol. The Labute approximate surface area is 107 Å².